The molecule has 2 unspecified atom stereocenters. The van der Waals surface area contributed by atoms with E-state index in [1.165, 1.54) is 114 Å². The van der Waals surface area contributed by atoms with Gasteiger partial charge in [0.15, 0.2) is 0 Å². The number of benzene rings is 6. The van der Waals surface area contributed by atoms with Gasteiger partial charge in [-0.3, -0.25) is 0 Å². The van der Waals surface area contributed by atoms with Gasteiger partial charge < -0.3 is 14.7 Å². The third-order valence-corrected chi connectivity index (χ3v) is 18.7. The minimum absolute atomic E-state index is 0.00746. The highest BCUT2D eigenvalue weighted by Crippen LogP contribution is 2.71. The Hall–Kier alpha value is -5.22. The van der Waals surface area contributed by atoms with Crippen molar-refractivity contribution >= 4 is 68.6 Å². The molecule has 0 saturated heterocycles. The summed E-state index contributed by atoms with van der Waals surface area (Å²) in [5, 5.41) is 0. The number of hydrogen-bond acceptors (Lipinski definition) is 3. The van der Waals surface area contributed by atoms with E-state index in [0.29, 0.717) is 0 Å². The zero-order valence-electron chi connectivity index (χ0n) is 46.7. The number of nitrogens with zero attached hydrogens (tertiary/aromatic N) is 3. The van der Waals surface area contributed by atoms with Crippen LogP contribution in [0.15, 0.2) is 109 Å². The summed E-state index contributed by atoms with van der Waals surface area (Å²) >= 11 is 0. The third kappa shape index (κ3) is 6.87. The van der Waals surface area contributed by atoms with Gasteiger partial charge in [0.25, 0.3) is 6.71 Å². The molecule has 1 aliphatic carbocycles. The summed E-state index contributed by atoms with van der Waals surface area (Å²) in [5.74, 6) is 0. The van der Waals surface area contributed by atoms with Crippen LogP contribution in [-0.2, 0) is 27.1 Å². The molecule has 0 N–H and O–H groups in total. The lowest BCUT2D eigenvalue weighted by molar-refractivity contribution is -0.0415. The first-order chi connectivity index (χ1) is 32.3. The SMILES string of the molecule is Cc1cc2c3c(c1)N(c1ccc(C(C)(C)C)cc1C)c1ccc(C(C)(C)C)cc1B3c1ccc(N3c4ccc(C(C)(C)C)cc4C4(C)C(C)(C)CCC(C)(C)C34C)cc1N2c1ccc(C(C)(C)C)cc1. The third-order valence-electron chi connectivity index (χ3n) is 18.7. The maximum atomic E-state index is 2.83. The van der Waals surface area contributed by atoms with Gasteiger partial charge in [-0.1, -0.05) is 172 Å². The first kappa shape index (κ1) is 48.4. The Morgan fingerprint density at radius 1 is 0.414 bits per heavy atom. The lowest BCUT2D eigenvalue weighted by atomic mass is 9.33. The van der Waals surface area contributed by atoms with Crippen molar-refractivity contribution in [2.75, 3.05) is 14.7 Å². The van der Waals surface area contributed by atoms with E-state index in [-0.39, 0.29) is 50.2 Å². The van der Waals surface area contributed by atoms with Crippen LogP contribution in [0, 0.1) is 24.7 Å². The van der Waals surface area contributed by atoms with Gasteiger partial charge in [-0.15, -0.1) is 0 Å². The summed E-state index contributed by atoms with van der Waals surface area (Å²) in [4.78, 5) is 8.07. The molecule has 0 bridgehead atoms. The van der Waals surface area contributed by atoms with Crippen LogP contribution < -0.4 is 31.1 Å². The van der Waals surface area contributed by atoms with Gasteiger partial charge in [0.05, 0.1) is 5.54 Å². The summed E-state index contributed by atoms with van der Waals surface area (Å²) in [7, 11) is 0. The molecular formula is C66H82BN3. The van der Waals surface area contributed by atoms with E-state index >= 15 is 0 Å². The zero-order valence-corrected chi connectivity index (χ0v) is 46.7. The molecule has 4 heteroatoms. The van der Waals surface area contributed by atoms with E-state index in [1.54, 1.807) is 0 Å². The van der Waals surface area contributed by atoms with Crippen LogP contribution in [0.2, 0.25) is 0 Å². The Labute approximate surface area is 424 Å². The monoisotopic (exact) mass is 928 g/mol. The molecular weight excluding hydrogens is 846 g/mol. The molecule has 3 nitrogen and oxygen atoms in total. The van der Waals surface area contributed by atoms with Crippen molar-refractivity contribution in [3.63, 3.8) is 0 Å². The fourth-order valence-corrected chi connectivity index (χ4v) is 13.6. The molecule has 6 aromatic carbocycles. The maximum absolute atomic E-state index is 2.83. The van der Waals surface area contributed by atoms with E-state index in [9.17, 15) is 0 Å². The van der Waals surface area contributed by atoms with Gasteiger partial charge in [0.1, 0.15) is 0 Å². The Kier molecular flexibility index (Phi) is 10.5. The Morgan fingerprint density at radius 3 is 1.47 bits per heavy atom. The van der Waals surface area contributed by atoms with Gasteiger partial charge in [-0.2, -0.15) is 0 Å². The number of rotatable bonds is 3. The van der Waals surface area contributed by atoms with Crippen molar-refractivity contribution in [2.24, 2.45) is 10.8 Å². The summed E-state index contributed by atoms with van der Waals surface area (Å²) in [6.07, 6.45) is 2.36. The van der Waals surface area contributed by atoms with E-state index in [4.69, 9.17) is 0 Å². The molecule has 1 saturated carbocycles. The molecule has 0 spiro atoms. The summed E-state index contributed by atoms with van der Waals surface area (Å²) in [5.41, 5.74) is 23.5. The van der Waals surface area contributed by atoms with Crippen molar-refractivity contribution in [1.82, 2.24) is 0 Å². The average Bonchev–Trinajstić information content (AvgIpc) is 3.48. The molecule has 0 aromatic heterocycles. The van der Waals surface area contributed by atoms with Gasteiger partial charge >= 0.3 is 0 Å². The standard InChI is InChI=1S/C66H82BN3/c1-41-35-56-58-57(36-41)69(52-30-23-44(37-42(52)2)60(6,7)8)54-32-25-46(62(12,13)14)39-51(54)67(58)50-29-28-48(40-55(50)68(56)47-26-21-43(22-27-47)59(3,4)5)70-53-31-24-45(61(9,10)11)38-49(53)65(19)63(15,16)33-34-64(17,18)66(65,70)20/h21-32,35-40H,33-34H2,1-20H3. The maximum Gasteiger partial charge on any atom is 0.252 e. The van der Waals surface area contributed by atoms with Gasteiger partial charge in [0.2, 0.25) is 0 Å². The topological polar surface area (TPSA) is 9.72 Å². The average molecular weight is 928 g/mol. The molecule has 0 radical (unpaired) electrons. The quantitative estimate of drug-likeness (QED) is 0.164. The fourth-order valence-electron chi connectivity index (χ4n) is 13.6. The first-order valence-electron chi connectivity index (χ1n) is 26.5. The normalized spacial score (nSPS) is 21.3. The van der Waals surface area contributed by atoms with Crippen LogP contribution in [0.25, 0.3) is 0 Å². The molecule has 3 aliphatic heterocycles. The second-order valence-electron chi connectivity index (χ2n) is 27.9. The molecule has 3 heterocycles. The number of fused-ring (bicyclic) bond motifs is 7. The summed E-state index contributed by atoms with van der Waals surface area (Å²) in [6, 6.07) is 44.2. The van der Waals surface area contributed by atoms with Gasteiger partial charge in [-0.05, 0) is 176 Å². The van der Waals surface area contributed by atoms with E-state index < -0.39 is 0 Å². The highest BCUT2D eigenvalue weighted by Gasteiger charge is 2.70. The number of anilines is 8. The first-order valence-corrected chi connectivity index (χ1v) is 26.5. The zero-order chi connectivity index (χ0) is 50.8. The van der Waals surface area contributed by atoms with Crippen LogP contribution in [0.3, 0.4) is 0 Å². The number of hydrogen-bond donors (Lipinski definition) is 0. The van der Waals surface area contributed by atoms with Crippen LogP contribution in [0.1, 0.15) is 176 Å². The lowest BCUT2D eigenvalue weighted by Gasteiger charge is -2.65. The van der Waals surface area contributed by atoms with Crippen LogP contribution in [-0.4, -0.2) is 12.3 Å². The molecule has 1 fully saturated rings. The fraction of sp³-hybridized carbons (Fsp3) is 0.455. The predicted octanol–water partition coefficient (Wildman–Crippen LogP) is 16.6. The predicted molar refractivity (Wildman–Crippen MR) is 306 cm³/mol. The summed E-state index contributed by atoms with van der Waals surface area (Å²) in [6.45, 7) is 48.2. The minimum Gasteiger partial charge on any atom is -0.334 e. The van der Waals surface area contributed by atoms with Crippen molar-refractivity contribution < 1.29 is 0 Å². The number of aryl methyl sites for hydroxylation is 2. The molecule has 4 aliphatic rings. The second-order valence-corrected chi connectivity index (χ2v) is 27.9. The van der Waals surface area contributed by atoms with Crippen molar-refractivity contribution in [1.29, 1.82) is 0 Å². The molecule has 364 valence electrons. The van der Waals surface area contributed by atoms with Gasteiger partial charge in [-0.25, -0.2) is 0 Å². The van der Waals surface area contributed by atoms with Gasteiger partial charge in [0, 0.05) is 50.9 Å². The highest BCUT2D eigenvalue weighted by atomic mass is 15.3. The van der Waals surface area contributed by atoms with Crippen molar-refractivity contribution in [2.45, 2.75) is 184 Å². The van der Waals surface area contributed by atoms with E-state index in [2.05, 4.69) is 262 Å². The second kappa shape index (κ2) is 15.2. The smallest absolute Gasteiger partial charge is 0.252 e. The Balaban J connectivity index is 1.29. The Morgan fingerprint density at radius 2 is 0.900 bits per heavy atom. The van der Waals surface area contributed by atoms with Crippen LogP contribution in [0.5, 0.6) is 0 Å². The molecule has 2 atom stereocenters. The molecule has 70 heavy (non-hydrogen) atoms. The van der Waals surface area contributed by atoms with Crippen molar-refractivity contribution in [3.05, 3.63) is 148 Å². The summed E-state index contributed by atoms with van der Waals surface area (Å²) < 4.78 is 0. The molecule has 10 rings (SSSR count). The van der Waals surface area contributed by atoms with Crippen LogP contribution in [0.4, 0.5) is 45.5 Å². The lowest BCUT2D eigenvalue weighted by Crippen LogP contribution is -2.69. The largest absolute Gasteiger partial charge is 0.334 e. The van der Waals surface area contributed by atoms with E-state index in [1.807, 2.05) is 0 Å². The Bertz CT molecular complexity index is 3100. The van der Waals surface area contributed by atoms with Crippen LogP contribution >= 0.6 is 0 Å². The highest BCUT2D eigenvalue weighted by molar-refractivity contribution is 7.00. The van der Waals surface area contributed by atoms with Crippen molar-refractivity contribution in [3.8, 4) is 0 Å². The van der Waals surface area contributed by atoms with E-state index in [0.717, 1.165) is 0 Å². The molecule has 0 amide bonds. The molecule has 6 aromatic rings. The minimum atomic E-state index is -0.232.